The van der Waals surface area contributed by atoms with Crippen molar-refractivity contribution in [1.29, 1.82) is 0 Å². The maximum atomic E-state index is 5.93. The number of halogens is 1. The summed E-state index contributed by atoms with van der Waals surface area (Å²) < 4.78 is 11.0. The fourth-order valence-electron chi connectivity index (χ4n) is 1.77. The normalized spacial score (nSPS) is 10.3. The molecule has 0 fully saturated rings. The molecule has 0 N–H and O–H groups in total. The van der Waals surface area contributed by atoms with Crippen molar-refractivity contribution in [3.63, 3.8) is 0 Å². The van der Waals surface area contributed by atoms with Crippen LogP contribution in [0, 0.1) is 6.92 Å². The van der Waals surface area contributed by atoms with E-state index in [2.05, 4.69) is 31.2 Å². The highest BCUT2D eigenvalue weighted by Crippen LogP contribution is 2.26. The van der Waals surface area contributed by atoms with E-state index in [0.717, 1.165) is 22.6 Å². The van der Waals surface area contributed by atoms with Crippen molar-refractivity contribution in [2.45, 2.75) is 19.4 Å². The molecular formula is C16H17ClO2. The lowest BCUT2D eigenvalue weighted by Crippen LogP contribution is -1.98. The Labute approximate surface area is 118 Å². The van der Waals surface area contributed by atoms with Gasteiger partial charge in [0.25, 0.3) is 0 Å². The third-order valence-electron chi connectivity index (χ3n) is 2.93. The second-order valence-electron chi connectivity index (χ2n) is 4.38. The van der Waals surface area contributed by atoms with E-state index < -0.39 is 0 Å². The van der Waals surface area contributed by atoms with Crippen LogP contribution in [0.3, 0.4) is 0 Å². The molecule has 0 saturated heterocycles. The molecule has 0 heterocycles. The number of methoxy groups -OCH3 is 1. The maximum absolute atomic E-state index is 5.93. The first-order valence-electron chi connectivity index (χ1n) is 6.14. The van der Waals surface area contributed by atoms with Crippen molar-refractivity contribution < 1.29 is 9.47 Å². The van der Waals surface area contributed by atoms with Gasteiger partial charge in [0.05, 0.1) is 13.0 Å². The number of alkyl halides is 1. The Morgan fingerprint density at radius 2 is 1.79 bits per heavy atom. The van der Waals surface area contributed by atoms with Crippen molar-refractivity contribution >= 4 is 11.6 Å². The molecule has 0 amide bonds. The van der Waals surface area contributed by atoms with Crippen molar-refractivity contribution in [1.82, 2.24) is 0 Å². The van der Waals surface area contributed by atoms with E-state index >= 15 is 0 Å². The molecule has 19 heavy (non-hydrogen) atoms. The fraction of sp³-hybridized carbons (Fsp3) is 0.250. The molecule has 0 radical (unpaired) electrons. The van der Waals surface area contributed by atoms with Crippen LogP contribution in [-0.4, -0.2) is 7.11 Å². The van der Waals surface area contributed by atoms with Gasteiger partial charge in [0.2, 0.25) is 0 Å². The monoisotopic (exact) mass is 276 g/mol. The second kappa shape index (κ2) is 6.48. The van der Waals surface area contributed by atoms with Crippen molar-refractivity contribution in [3.8, 4) is 11.5 Å². The Morgan fingerprint density at radius 1 is 1.05 bits per heavy atom. The number of rotatable bonds is 5. The lowest BCUT2D eigenvalue weighted by atomic mass is 10.1. The molecule has 0 aliphatic heterocycles. The van der Waals surface area contributed by atoms with Gasteiger partial charge in [0.15, 0.2) is 0 Å². The summed E-state index contributed by atoms with van der Waals surface area (Å²) in [7, 11) is 1.64. The number of ether oxygens (including phenoxy) is 2. The van der Waals surface area contributed by atoms with Crippen molar-refractivity contribution in [2.24, 2.45) is 0 Å². The molecule has 0 bridgehead atoms. The third kappa shape index (κ3) is 3.65. The molecule has 0 unspecified atom stereocenters. The van der Waals surface area contributed by atoms with E-state index in [0.29, 0.717) is 12.5 Å². The van der Waals surface area contributed by atoms with Gasteiger partial charge < -0.3 is 9.47 Å². The minimum absolute atomic E-state index is 0.403. The van der Waals surface area contributed by atoms with Crippen LogP contribution in [0.2, 0.25) is 0 Å². The van der Waals surface area contributed by atoms with Crippen LogP contribution in [0.15, 0.2) is 42.5 Å². The van der Waals surface area contributed by atoms with Crippen molar-refractivity contribution in [2.75, 3.05) is 7.11 Å². The summed E-state index contributed by atoms with van der Waals surface area (Å²) in [5, 5.41) is 0. The Kier molecular flexibility index (Phi) is 4.69. The van der Waals surface area contributed by atoms with E-state index in [-0.39, 0.29) is 0 Å². The maximum Gasteiger partial charge on any atom is 0.124 e. The standard InChI is InChI=1S/C16H17ClO2/c1-12-3-5-13(6-4-12)11-19-16-8-7-15(18-2)9-14(16)10-17/h3-9H,10-11H2,1-2H3. The van der Waals surface area contributed by atoms with E-state index in [1.165, 1.54) is 5.56 Å². The van der Waals surface area contributed by atoms with Gasteiger partial charge in [0.1, 0.15) is 18.1 Å². The second-order valence-corrected chi connectivity index (χ2v) is 4.65. The van der Waals surface area contributed by atoms with Gasteiger partial charge >= 0.3 is 0 Å². The summed E-state index contributed by atoms with van der Waals surface area (Å²) in [6, 6.07) is 14.0. The molecule has 2 aromatic carbocycles. The van der Waals surface area contributed by atoms with Crippen LogP contribution in [-0.2, 0) is 12.5 Å². The molecule has 100 valence electrons. The first kappa shape index (κ1) is 13.8. The summed E-state index contributed by atoms with van der Waals surface area (Å²) in [6.45, 7) is 2.61. The van der Waals surface area contributed by atoms with Gasteiger partial charge in [-0.2, -0.15) is 0 Å². The van der Waals surface area contributed by atoms with Gasteiger partial charge in [-0.15, -0.1) is 11.6 Å². The van der Waals surface area contributed by atoms with Crippen LogP contribution in [0.4, 0.5) is 0 Å². The van der Waals surface area contributed by atoms with E-state index in [4.69, 9.17) is 21.1 Å². The summed E-state index contributed by atoms with van der Waals surface area (Å²) in [5.41, 5.74) is 3.32. The molecule has 0 spiro atoms. The molecule has 0 atom stereocenters. The zero-order valence-corrected chi connectivity index (χ0v) is 11.9. The minimum atomic E-state index is 0.403. The number of aryl methyl sites for hydroxylation is 1. The smallest absolute Gasteiger partial charge is 0.124 e. The molecule has 0 aliphatic carbocycles. The molecule has 3 heteroatoms. The van der Waals surface area contributed by atoms with Gasteiger partial charge in [-0.25, -0.2) is 0 Å². The van der Waals surface area contributed by atoms with Gasteiger partial charge in [-0.3, -0.25) is 0 Å². The van der Waals surface area contributed by atoms with Gasteiger partial charge in [-0.1, -0.05) is 29.8 Å². The zero-order chi connectivity index (χ0) is 13.7. The topological polar surface area (TPSA) is 18.5 Å². The van der Waals surface area contributed by atoms with Crippen LogP contribution < -0.4 is 9.47 Å². The van der Waals surface area contributed by atoms with Crippen LogP contribution in [0.5, 0.6) is 11.5 Å². The number of benzene rings is 2. The highest BCUT2D eigenvalue weighted by Gasteiger charge is 2.05. The predicted octanol–water partition coefficient (Wildman–Crippen LogP) is 4.32. The third-order valence-corrected chi connectivity index (χ3v) is 3.21. The quantitative estimate of drug-likeness (QED) is 0.757. The predicted molar refractivity (Wildman–Crippen MR) is 78.1 cm³/mol. The average Bonchev–Trinajstić information content (AvgIpc) is 2.46. The minimum Gasteiger partial charge on any atom is -0.497 e. The zero-order valence-electron chi connectivity index (χ0n) is 11.2. The first-order chi connectivity index (χ1) is 9.22. The van der Waals surface area contributed by atoms with E-state index in [1.807, 2.05) is 18.2 Å². The molecule has 2 nitrogen and oxygen atoms in total. The molecular weight excluding hydrogens is 260 g/mol. The SMILES string of the molecule is COc1ccc(OCc2ccc(C)cc2)c(CCl)c1. The highest BCUT2D eigenvalue weighted by molar-refractivity contribution is 6.17. The van der Waals surface area contributed by atoms with Gasteiger partial charge in [-0.05, 0) is 30.7 Å². The summed E-state index contributed by atoms with van der Waals surface area (Å²) in [6.07, 6.45) is 0. The van der Waals surface area contributed by atoms with Crippen LogP contribution in [0.25, 0.3) is 0 Å². The fourth-order valence-corrected chi connectivity index (χ4v) is 1.98. The Balaban J connectivity index is 2.08. The van der Waals surface area contributed by atoms with Crippen molar-refractivity contribution in [3.05, 3.63) is 59.2 Å². The van der Waals surface area contributed by atoms with Crippen LogP contribution >= 0.6 is 11.6 Å². The number of hydrogen-bond donors (Lipinski definition) is 0. The molecule has 0 saturated carbocycles. The summed E-state index contributed by atoms with van der Waals surface area (Å²) in [5.74, 6) is 2.00. The van der Waals surface area contributed by atoms with E-state index in [9.17, 15) is 0 Å². The van der Waals surface area contributed by atoms with Crippen LogP contribution in [0.1, 0.15) is 16.7 Å². The Morgan fingerprint density at radius 3 is 2.42 bits per heavy atom. The molecule has 2 rings (SSSR count). The Bertz CT molecular complexity index is 535. The Hall–Kier alpha value is -1.67. The number of hydrogen-bond acceptors (Lipinski definition) is 2. The highest BCUT2D eigenvalue weighted by atomic mass is 35.5. The molecule has 0 aromatic heterocycles. The molecule has 0 aliphatic rings. The lowest BCUT2D eigenvalue weighted by molar-refractivity contribution is 0.303. The average molecular weight is 277 g/mol. The summed E-state index contributed by atoms with van der Waals surface area (Å²) in [4.78, 5) is 0. The molecule has 2 aromatic rings. The van der Waals surface area contributed by atoms with Gasteiger partial charge in [0, 0.05) is 5.56 Å². The summed E-state index contributed by atoms with van der Waals surface area (Å²) >= 11 is 5.93. The van der Waals surface area contributed by atoms with E-state index in [1.54, 1.807) is 7.11 Å². The first-order valence-corrected chi connectivity index (χ1v) is 6.67. The largest absolute Gasteiger partial charge is 0.497 e. The lowest BCUT2D eigenvalue weighted by Gasteiger charge is -2.11.